The Balaban J connectivity index is 2.86. The summed E-state index contributed by atoms with van der Waals surface area (Å²) in [4.78, 5) is 0. The van der Waals surface area contributed by atoms with Crippen LogP contribution in [-0.4, -0.2) is 6.61 Å². The normalized spacial score (nSPS) is 9.64. The molecular formula is C12H11NO. The van der Waals surface area contributed by atoms with Crippen LogP contribution < -0.4 is 4.74 Å². The van der Waals surface area contributed by atoms with Crippen molar-refractivity contribution in [1.29, 1.82) is 5.26 Å². The summed E-state index contributed by atoms with van der Waals surface area (Å²) in [5.74, 6) is 0.763. The van der Waals surface area contributed by atoms with E-state index in [-0.39, 0.29) is 0 Å². The molecule has 1 aromatic carbocycles. The van der Waals surface area contributed by atoms with Gasteiger partial charge in [-0.2, -0.15) is 5.26 Å². The molecule has 0 aliphatic rings. The van der Waals surface area contributed by atoms with Crippen LogP contribution in [0.3, 0.4) is 0 Å². The van der Waals surface area contributed by atoms with Crippen molar-refractivity contribution in [3.63, 3.8) is 0 Å². The van der Waals surface area contributed by atoms with Gasteiger partial charge in [0.15, 0.2) is 0 Å². The first-order valence-corrected chi connectivity index (χ1v) is 4.27. The van der Waals surface area contributed by atoms with Crippen LogP contribution in [0.5, 0.6) is 5.75 Å². The lowest BCUT2D eigenvalue weighted by Gasteiger charge is -2.05. The first-order valence-electron chi connectivity index (χ1n) is 4.27. The molecule has 14 heavy (non-hydrogen) atoms. The van der Waals surface area contributed by atoms with Gasteiger partial charge in [-0.1, -0.05) is 30.9 Å². The first-order chi connectivity index (χ1) is 6.88. The van der Waals surface area contributed by atoms with Gasteiger partial charge in [0.1, 0.15) is 12.4 Å². The highest BCUT2D eigenvalue weighted by atomic mass is 16.5. The molecule has 1 rings (SSSR count). The second-order valence-corrected chi connectivity index (χ2v) is 2.60. The highest BCUT2D eigenvalue weighted by molar-refractivity contribution is 5.58. The van der Waals surface area contributed by atoms with Gasteiger partial charge in [0, 0.05) is 11.6 Å². The lowest BCUT2D eigenvalue weighted by Crippen LogP contribution is -1.94. The molecular weight excluding hydrogens is 174 g/mol. The monoisotopic (exact) mass is 185 g/mol. The van der Waals surface area contributed by atoms with Crippen molar-refractivity contribution < 1.29 is 4.74 Å². The molecule has 0 heterocycles. The van der Waals surface area contributed by atoms with Crippen LogP contribution in [0.25, 0.3) is 6.08 Å². The van der Waals surface area contributed by atoms with Crippen molar-refractivity contribution >= 4 is 6.08 Å². The van der Waals surface area contributed by atoms with Crippen molar-refractivity contribution in [2.75, 3.05) is 6.61 Å². The molecule has 2 nitrogen and oxygen atoms in total. The molecule has 0 unspecified atom stereocenters. The molecule has 0 fully saturated rings. The summed E-state index contributed by atoms with van der Waals surface area (Å²) in [7, 11) is 0. The van der Waals surface area contributed by atoms with Crippen molar-refractivity contribution in [1.82, 2.24) is 0 Å². The predicted octanol–water partition coefficient (Wildman–Crippen LogP) is 2.79. The Morgan fingerprint density at radius 1 is 1.43 bits per heavy atom. The van der Waals surface area contributed by atoms with Crippen molar-refractivity contribution in [3.8, 4) is 11.8 Å². The third-order valence-electron chi connectivity index (χ3n) is 1.61. The van der Waals surface area contributed by atoms with Gasteiger partial charge in [-0.05, 0) is 12.1 Å². The Bertz CT molecular complexity index is 374. The lowest BCUT2D eigenvalue weighted by atomic mass is 10.2. The molecule has 0 aliphatic heterocycles. The minimum atomic E-state index is 0.470. The van der Waals surface area contributed by atoms with Gasteiger partial charge < -0.3 is 4.74 Å². The first kappa shape index (κ1) is 10.1. The Morgan fingerprint density at radius 2 is 2.21 bits per heavy atom. The van der Waals surface area contributed by atoms with Crippen LogP contribution in [0.1, 0.15) is 5.56 Å². The summed E-state index contributed by atoms with van der Waals surface area (Å²) >= 11 is 0. The Hall–Kier alpha value is -2.01. The van der Waals surface area contributed by atoms with E-state index < -0.39 is 0 Å². The smallest absolute Gasteiger partial charge is 0.127 e. The molecule has 0 saturated carbocycles. The van der Waals surface area contributed by atoms with Crippen LogP contribution in [0.2, 0.25) is 0 Å². The number of hydrogen-bond donors (Lipinski definition) is 0. The highest BCUT2D eigenvalue weighted by Gasteiger charge is 1.97. The number of para-hydroxylation sites is 1. The molecule has 0 atom stereocenters. The zero-order valence-electron chi connectivity index (χ0n) is 7.81. The van der Waals surface area contributed by atoms with Gasteiger partial charge >= 0.3 is 0 Å². The summed E-state index contributed by atoms with van der Waals surface area (Å²) in [6.07, 6.45) is 4.83. The SMILES string of the molecule is C=CCOc1ccccc1C=CC#N. The van der Waals surface area contributed by atoms with E-state index in [1.54, 1.807) is 12.2 Å². The van der Waals surface area contributed by atoms with E-state index in [1.165, 1.54) is 6.08 Å². The van der Waals surface area contributed by atoms with E-state index in [0.717, 1.165) is 11.3 Å². The molecule has 2 heteroatoms. The van der Waals surface area contributed by atoms with Gasteiger partial charge in [0.25, 0.3) is 0 Å². The highest BCUT2D eigenvalue weighted by Crippen LogP contribution is 2.19. The number of nitriles is 1. The fourth-order valence-corrected chi connectivity index (χ4v) is 1.03. The van der Waals surface area contributed by atoms with Gasteiger partial charge in [0.2, 0.25) is 0 Å². The number of allylic oxidation sites excluding steroid dienone is 1. The predicted molar refractivity (Wildman–Crippen MR) is 56.8 cm³/mol. The fourth-order valence-electron chi connectivity index (χ4n) is 1.03. The van der Waals surface area contributed by atoms with E-state index in [4.69, 9.17) is 10.00 Å². The van der Waals surface area contributed by atoms with E-state index in [0.29, 0.717) is 6.61 Å². The Kier molecular flexibility index (Phi) is 4.03. The molecule has 0 radical (unpaired) electrons. The van der Waals surface area contributed by atoms with E-state index >= 15 is 0 Å². The van der Waals surface area contributed by atoms with E-state index in [9.17, 15) is 0 Å². The molecule has 0 aliphatic carbocycles. The zero-order valence-corrected chi connectivity index (χ0v) is 7.81. The maximum absolute atomic E-state index is 8.40. The zero-order chi connectivity index (χ0) is 10.2. The van der Waals surface area contributed by atoms with Crippen LogP contribution in [0.4, 0.5) is 0 Å². The third-order valence-corrected chi connectivity index (χ3v) is 1.61. The molecule has 1 aromatic rings. The summed E-state index contributed by atoms with van der Waals surface area (Å²) in [5.41, 5.74) is 0.899. The average molecular weight is 185 g/mol. The van der Waals surface area contributed by atoms with Gasteiger partial charge in [-0.25, -0.2) is 0 Å². The summed E-state index contributed by atoms with van der Waals surface area (Å²) in [6, 6.07) is 9.49. The number of hydrogen-bond acceptors (Lipinski definition) is 2. The molecule has 0 aromatic heterocycles. The van der Waals surface area contributed by atoms with E-state index in [1.807, 2.05) is 30.3 Å². The standard InChI is InChI=1S/C12H11NO/c1-2-10-14-12-8-4-3-6-11(12)7-5-9-13/h2-8H,1,10H2. The summed E-state index contributed by atoms with van der Waals surface area (Å²) in [5, 5.41) is 8.40. The minimum absolute atomic E-state index is 0.470. The van der Waals surface area contributed by atoms with Crippen molar-refractivity contribution in [3.05, 3.63) is 48.6 Å². The van der Waals surface area contributed by atoms with E-state index in [2.05, 4.69) is 6.58 Å². The summed E-state index contributed by atoms with van der Waals surface area (Å²) in [6.45, 7) is 4.04. The number of nitrogens with zero attached hydrogens (tertiary/aromatic N) is 1. The van der Waals surface area contributed by atoms with Crippen molar-refractivity contribution in [2.24, 2.45) is 0 Å². The van der Waals surface area contributed by atoms with Crippen molar-refractivity contribution in [2.45, 2.75) is 0 Å². The van der Waals surface area contributed by atoms with Crippen LogP contribution in [-0.2, 0) is 0 Å². The number of rotatable bonds is 4. The Labute approximate surface area is 83.7 Å². The van der Waals surface area contributed by atoms with Gasteiger partial charge in [-0.3, -0.25) is 0 Å². The van der Waals surface area contributed by atoms with Gasteiger partial charge in [0.05, 0.1) is 6.07 Å². The summed E-state index contributed by atoms with van der Waals surface area (Å²) < 4.78 is 5.40. The minimum Gasteiger partial charge on any atom is -0.489 e. The average Bonchev–Trinajstić information content (AvgIpc) is 2.24. The lowest BCUT2D eigenvalue weighted by molar-refractivity contribution is 0.362. The maximum atomic E-state index is 8.40. The third kappa shape index (κ3) is 2.80. The molecule has 0 spiro atoms. The molecule has 0 N–H and O–H groups in total. The second-order valence-electron chi connectivity index (χ2n) is 2.60. The number of ether oxygens (including phenoxy) is 1. The molecule has 0 bridgehead atoms. The van der Waals surface area contributed by atoms with Gasteiger partial charge in [-0.15, -0.1) is 0 Å². The topological polar surface area (TPSA) is 33.0 Å². The molecule has 70 valence electrons. The maximum Gasteiger partial charge on any atom is 0.127 e. The van der Waals surface area contributed by atoms with Crippen LogP contribution >= 0.6 is 0 Å². The quantitative estimate of drug-likeness (QED) is 0.533. The number of benzene rings is 1. The largest absolute Gasteiger partial charge is 0.489 e. The fraction of sp³-hybridized carbons (Fsp3) is 0.0833. The second kappa shape index (κ2) is 5.60. The molecule has 0 amide bonds. The van der Waals surface area contributed by atoms with Crippen LogP contribution in [0.15, 0.2) is 43.0 Å². The van der Waals surface area contributed by atoms with Crippen LogP contribution in [0, 0.1) is 11.3 Å². The molecule has 0 saturated heterocycles. The Morgan fingerprint density at radius 3 is 2.93 bits per heavy atom.